The van der Waals surface area contributed by atoms with Crippen LogP contribution < -0.4 is 10.1 Å². The molecule has 1 amide bonds. The molecule has 0 bridgehead atoms. The molecule has 4 heteroatoms. The number of halogens is 1. The molecule has 1 rings (SSSR count). The lowest BCUT2D eigenvalue weighted by Gasteiger charge is -2.14. The largest absolute Gasteiger partial charge is 0.496 e. The van der Waals surface area contributed by atoms with Gasteiger partial charge in [-0.25, -0.2) is 0 Å². The van der Waals surface area contributed by atoms with Gasteiger partial charge in [-0.3, -0.25) is 4.79 Å². The van der Waals surface area contributed by atoms with Crippen molar-refractivity contribution in [2.24, 2.45) is 0 Å². The number of methoxy groups -OCH3 is 1. The predicted octanol–water partition coefficient (Wildman–Crippen LogP) is 3.03. The van der Waals surface area contributed by atoms with Crippen LogP contribution in [0, 0.1) is 13.8 Å². The monoisotopic (exact) mass is 271 g/mol. The van der Waals surface area contributed by atoms with Gasteiger partial charge in [0, 0.05) is 12.6 Å². The predicted molar refractivity (Wildman–Crippen MR) is 64.5 cm³/mol. The molecular weight excluding hydrogens is 258 g/mol. The lowest BCUT2D eigenvalue weighted by Crippen LogP contribution is -2.09. The Hall–Kier alpha value is -1.03. The van der Waals surface area contributed by atoms with Gasteiger partial charge in [-0.1, -0.05) is 0 Å². The van der Waals surface area contributed by atoms with Crippen LogP contribution in [0.25, 0.3) is 0 Å². The van der Waals surface area contributed by atoms with E-state index in [0.717, 1.165) is 27.0 Å². The lowest BCUT2D eigenvalue weighted by molar-refractivity contribution is -0.114. The normalized spacial score (nSPS) is 9.93. The van der Waals surface area contributed by atoms with E-state index in [-0.39, 0.29) is 5.91 Å². The third-order valence-electron chi connectivity index (χ3n) is 2.18. The number of nitrogens with one attached hydrogen (secondary N) is 1. The van der Waals surface area contributed by atoms with Crippen LogP contribution >= 0.6 is 15.9 Å². The number of rotatable bonds is 2. The first-order chi connectivity index (χ1) is 6.97. The minimum atomic E-state index is -0.0710. The molecule has 0 radical (unpaired) electrons. The summed E-state index contributed by atoms with van der Waals surface area (Å²) in [5.41, 5.74) is 2.81. The Morgan fingerprint density at radius 3 is 2.53 bits per heavy atom. The molecule has 3 nitrogen and oxygen atoms in total. The molecule has 0 aromatic heterocycles. The van der Waals surface area contributed by atoms with Crippen LogP contribution in [0.1, 0.15) is 18.1 Å². The second-order valence-corrected chi connectivity index (χ2v) is 4.18. The van der Waals surface area contributed by atoms with Crippen LogP contribution in [0.5, 0.6) is 5.75 Å². The zero-order valence-corrected chi connectivity index (χ0v) is 10.9. The van der Waals surface area contributed by atoms with Crippen molar-refractivity contribution >= 4 is 27.5 Å². The highest BCUT2D eigenvalue weighted by atomic mass is 79.9. The van der Waals surface area contributed by atoms with Gasteiger partial charge in [0.2, 0.25) is 5.91 Å². The molecule has 0 heterocycles. The van der Waals surface area contributed by atoms with Crippen molar-refractivity contribution in [3.05, 3.63) is 21.7 Å². The number of amides is 1. The molecule has 0 saturated carbocycles. The van der Waals surface area contributed by atoms with Crippen molar-refractivity contribution in [1.29, 1.82) is 0 Å². The van der Waals surface area contributed by atoms with E-state index in [1.54, 1.807) is 7.11 Å². The number of benzene rings is 1. The standard InChI is InChI=1S/C11H14BrNO2/c1-6-5-9(15-4)10(12)7(2)11(6)13-8(3)14/h5H,1-4H3,(H,13,14). The first kappa shape index (κ1) is 12.0. The summed E-state index contributed by atoms with van der Waals surface area (Å²) < 4.78 is 6.08. The summed E-state index contributed by atoms with van der Waals surface area (Å²) in [5.74, 6) is 0.706. The molecule has 0 spiro atoms. The first-order valence-corrected chi connectivity index (χ1v) is 5.38. The summed E-state index contributed by atoms with van der Waals surface area (Å²) in [5, 5.41) is 2.81. The number of hydrogen-bond donors (Lipinski definition) is 1. The van der Waals surface area contributed by atoms with E-state index < -0.39 is 0 Å². The van der Waals surface area contributed by atoms with Crippen molar-refractivity contribution in [2.45, 2.75) is 20.8 Å². The minimum Gasteiger partial charge on any atom is -0.496 e. The molecule has 82 valence electrons. The van der Waals surface area contributed by atoms with Gasteiger partial charge in [0.25, 0.3) is 0 Å². The van der Waals surface area contributed by atoms with Gasteiger partial charge in [0.15, 0.2) is 0 Å². The van der Waals surface area contributed by atoms with E-state index in [9.17, 15) is 4.79 Å². The smallest absolute Gasteiger partial charge is 0.221 e. The summed E-state index contributed by atoms with van der Waals surface area (Å²) in [6.07, 6.45) is 0. The van der Waals surface area contributed by atoms with Gasteiger partial charge in [-0.05, 0) is 47.0 Å². The fraction of sp³-hybridized carbons (Fsp3) is 0.364. The van der Waals surface area contributed by atoms with Crippen LogP contribution in [0.4, 0.5) is 5.69 Å². The van der Waals surface area contributed by atoms with Crippen molar-refractivity contribution in [2.75, 3.05) is 12.4 Å². The van der Waals surface area contributed by atoms with E-state index in [0.29, 0.717) is 0 Å². The molecule has 1 N–H and O–H groups in total. The highest BCUT2D eigenvalue weighted by Crippen LogP contribution is 2.35. The highest BCUT2D eigenvalue weighted by molar-refractivity contribution is 9.10. The second-order valence-electron chi connectivity index (χ2n) is 3.39. The van der Waals surface area contributed by atoms with Gasteiger partial charge in [-0.2, -0.15) is 0 Å². The maximum absolute atomic E-state index is 11.0. The van der Waals surface area contributed by atoms with E-state index in [1.807, 2.05) is 19.9 Å². The van der Waals surface area contributed by atoms with E-state index in [1.165, 1.54) is 6.92 Å². The van der Waals surface area contributed by atoms with Gasteiger partial charge < -0.3 is 10.1 Å². The molecule has 0 atom stereocenters. The summed E-state index contributed by atoms with van der Waals surface area (Å²) in [7, 11) is 1.62. The molecule has 0 fully saturated rings. The fourth-order valence-electron chi connectivity index (χ4n) is 1.44. The average Bonchev–Trinajstić information content (AvgIpc) is 2.18. The Morgan fingerprint density at radius 2 is 2.07 bits per heavy atom. The van der Waals surface area contributed by atoms with Gasteiger partial charge in [0.1, 0.15) is 5.75 Å². The van der Waals surface area contributed by atoms with E-state index in [4.69, 9.17) is 4.74 Å². The quantitative estimate of drug-likeness (QED) is 0.898. The average molecular weight is 272 g/mol. The summed E-state index contributed by atoms with van der Waals surface area (Å²) in [4.78, 5) is 11.0. The Kier molecular flexibility index (Phi) is 3.74. The van der Waals surface area contributed by atoms with Crippen molar-refractivity contribution in [1.82, 2.24) is 0 Å². The van der Waals surface area contributed by atoms with Gasteiger partial charge >= 0.3 is 0 Å². The summed E-state index contributed by atoms with van der Waals surface area (Å²) in [6.45, 7) is 5.37. The number of anilines is 1. The fourth-order valence-corrected chi connectivity index (χ4v) is 1.91. The third kappa shape index (κ3) is 2.50. The maximum atomic E-state index is 11.0. The van der Waals surface area contributed by atoms with Crippen LogP contribution in [-0.2, 0) is 4.79 Å². The lowest BCUT2D eigenvalue weighted by atomic mass is 10.1. The van der Waals surface area contributed by atoms with Crippen LogP contribution in [0.2, 0.25) is 0 Å². The topological polar surface area (TPSA) is 38.3 Å². The minimum absolute atomic E-state index is 0.0710. The van der Waals surface area contributed by atoms with E-state index >= 15 is 0 Å². The van der Waals surface area contributed by atoms with E-state index in [2.05, 4.69) is 21.2 Å². The van der Waals surface area contributed by atoms with Crippen LogP contribution in [-0.4, -0.2) is 13.0 Å². The Morgan fingerprint density at radius 1 is 1.47 bits per heavy atom. The molecule has 0 aliphatic rings. The summed E-state index contributed by atoms with van der Waals surface area (Å²) >= 11 is 3.44. The van der Waals surface area contributed by atoms with Crippen LogP contribution in [0.3, 0.4) is 0 Å². The Bertz CT molecular complexity index is 402. The number of carbonyl (C=O) groups is 1. The maximum Gasteiger partial charge on any atom is 0.221 e. The molecule has 1 aromatic rings. The highest BCUT2D eigenvalue weighted by Gasteiger charge is 2.12. The van der Waals surface area contributed by atoms with Gasteiger partial charge in [-0.15, -0.1) is 0 Å². The van der Waals surface area contributed by atoms with Gasteiger partial charge in [0.05, 0.1) is 11.6 Å². The SMILES string of the molecule is COc1cc(C)c(NC(C)=O)c(C)c1Br. The van der Waals surface area contributed by atoms with Crippen molar-refractivity contribution in [3.8, 4) is 5.75 Å². The molecule has 0 aliphatic heterocycles. The molecule has 0 saturated heterocycles. The Labute approximate surface area is 97.9 Å². The first-order valence-electron chi connectivity index (χ1n) is 4.58. The summed E-state index contributed by atoms with van der Waals surface area (Å²) in [6, 6.07) is 1.89. The third-order valence-corrected chi connectivity index (χ3v) is 3.17. The molecule has 0 unspecified atom stereocenters. The zero-order chi connectivity index (χ0) is 11.6. The zero-order valence-electron chi connectivity index (χ0n) is 9.27. The molecular formula is C11H14BrNO2. The number of hydrogen-bond acceptors (Lipinski definition) is 2. The Balaban J connectivity index is 3.29. The molecule has 1 aromatic carbocycles. The number of carbonyl (C=O) groups excluding carboxylic acids is 1. The second kappa shape index (κ2) is 4.66. The number of aryl methyl sites for hydroxylation is 1. The molecule has 0 aliphatic carbocycles. The van der Waals surface area contributed by atoms with Crippen molar-refractivity contribution < 1.29 is 9.53 Å². The number of ether oxygens (including phenoxy) is 1. The van der Waals surface area contributed by atoms with Crippen molar-refractivity contribution in [3.63, 3.8) is 0 Å². The molecule has 15 heavy (non-hydrogen) atoms. The van der Waals surface area contributed by atoms with Crippen LogP contribution in [0.15, 0.2) is 10.5 Å².